The summed E-state index contributed by atoms with van der Waals surface area (Å²) in [6.45, 7) is 6.19. The van der Waals surface area contributed by atoms with Gasteiger partial charge in [-0.1, -0.05) is 6.07 Å². The molecule has 124 valence electrons. The number of thiophene rings is 1. The summed E-state index contributed by atoms with van der Waals surface area (Å²) in [5.41, 5.74) is 0. The minimum atomic E-state index is -3.25. The monoisotopic (exact) mass is 344 g/mol. The molecule has 2 saturated heterocycles. The maximum Gasteiger partial charge on any atom is 0.252 e. The van der Waals surface area contributed by atoms with Crippen molar-refractivity contribution in [1.82, 2.24) is 9.21 Å². The summed E-state index contributed by atoms with van der Waals surface area (Å²) in [6.07, 6.45) is 3.14. The van der Waals surface area contributed by atoms with E-state index < -0.39 is 10.0 Å². The zero-order valence-corrected chi connectivity index (χ0v) is 14.4. The topological polar surface area (TPSA) is 49.9 Å². The highest BCUT2D eigenvalue weighted by Crippen LogP contribution is 2.27. The molecular formula is C15H24N2O3S2. The van der Waals surface area contributed by atoms with Gasteiger partial charge in [-0.05, 0) is 43.2 Å². The Balaban J connectivity index is 1.46. The van der Waals surface area contributed by atoms with Gasteiger partial charge in [0.2, 0.25) is 0 Å². The van der Waals surface area contributed by atoms with E-state index in [1.165, 1.54) is 17.8 Å². The van der Waals surface area contributed by atoms with E-state index in [-0.39, 0.29) is 0 Å². The van der Waals surface area contributed by atoms with E-state index in [0.717, 1.165) is 45.7 Å². The van der Waals surface area contributed by atoms with Crippen LogP contribution in [0.3, 0.4) is 0 Å². The van der Waals surface area contributed by atoms with E-state index in [4.69, 9.17) is 4.74 Å². The number of hydrogen-bond donors (Lipinski definition) is 0. The summed E-state index contributed by atoms with van der Waals surface area (Å²) >= 11 is 1.31. The van der Waals surface area contributed by atoms with Crippen molar-refractivity contribution in [2.24, 2.45) is 5.92 Å². The zero-order chi connectivity index (χ0) is 15.4. The van der Waals surface area contributed by atoms with Gasteiger partial charge in [0.05, 0.1) is 13.2 Å². The van der Waals surface area contributed by atoms with E-state index in [2.05, 4.69) is 4.90 Å². The van der Waals surface area contributed by atoms with E-state index in [0.29, 0.717) is 23.2 Å². The summed E-state index contributed by atoms with van der Waals surface area (Å²) in [5, 5.41) is 1.82. The van der Waals surface area contributed by atoms with Crippen LogP contribution in [-0.2, 0) is 14.8 Å². The molecule has 5 nitrogen and oxygen atoms in total. The van der Waals surface area contributed by atoms with Gasteiger partial charge in [-0.2, -0.15) is 4.31 Å². The summed E-state index contributed by atoms with van der Waals surface area (Å²) in [4.78, 5) is 2.46. The lowest BCUT2D eigenvalue weighted by Crippen LogP contribution is -2.40. The second kappa shape index (κ2) is 7.40. The SMILES string of the molecule is O=S(=O)(c1cccs1)N1CCC(CCN2CCOCC2)CC1. The molecule has 0 amide bonds. The summed E-state index contributed by atoms with van der Waals surface area (Å²) < 4.78 is 32.4. The fourth-order valence-electron chi connectivity index (χ4n) is 3.17. The fourth-order valence-corrected chi connectivity index (χ4v) is 5.78. The van der Waals surface area contributed by atoms with Gasteiger partial charge in [-0.15, -0.1) is 11.3 Å². The predicted molar refractivity (Wildman–Crippen MR) is 87.7 cm³/mol. The molecule has 3 rings (SSSR count). The second-order valence-corrected chi connectivity index (χ2v) is 9.13. The standard InChI is InChI=1S/C15H24N2O3S2/c18-22(19,15-2-1-13-21-15)17-7-4-14(5-8-17)3-6-16-9-11-20-12-10-16/h1-2,13-14H,3-12H2. The first kappa shape index (κ1) is 16.4. The molecule has 0 atom stereocenters. The summed E-state index contributed by atoms with van der Waals surface area (Å²) in [7, 11) is -3.25. The zero-order valence-electron chi connectivity index (χ0n) is 12.8. The normalized spacial score (nSPS) is 22.9. The van der Waals surface area contributed by atoms with Gasteiger partial charge in [0.25, 0.3) is 10.0 Å². The smallest absolute Gasteiger partial charge is 0.252 e. The molecule has 0 spiro atoms. The molecular weight excluding hydrogens is 320 g/mol. The number of rotatable bonds is 5. The molecule has 3 heterocycles. The minimum absolute atomic E-state index is 0.472. The van der Waals surface area contributed by atoms with Gasteiger partial charge < -0.3 is 4.74 Å². The largest absolute Gasteiger partial charge is 0.379 e. The Kier molecular flexibility index (Phi) is 5.51. The van der Waals surface area contributed by atoms with E-state index in [9.17, 15) is 8.42 Å². The molecule has 2 aliphatic rings. The van der Waals surface area contributed by atoms with E-state index >= 15 is 0 Å². The maximum atomic E-state index is 12.5. The average molecular weight is 345 g/mol. The molecule has 2 aliphatic heterocycles. The Morgan fingerprint density at radius 3 is 2.55 bits per heavy atom. The molecule has 0 aromatic carbocycles. The van der Waals surface area contributed by atoms with Gasteiger partial charge in [0, 0.05) is 26.2 Å². The van der Waals surface area contributed by atoms with Crippen molar-refractivity contribution in [3.63, 3.8) is 0 Å². The van der Waals surface area contributed by atoms with Crippen molar-refractivity contribution in [2.75, 3.05) is 45.9 Å². The van der Waals surface area contributed by atoms with Crippen LogP contribution in [0.5, 0.6) is 0 Å². The van der Waals surface area contributed by atoms with Crippen LogP contribution in [0, 0.1) is 5.92 Å². The highest BCUT2D eigenvalue weighted by Gasteiger charge is 2.30. The lowest BCUT2D eigenvalue weighted by atomic mass is 9.94. The fraction of sp³-hybridized carbons (Fsp3) is 0.733. The number of ether oxygens (including phenoxy) is 1. The van der Waals surface area contributed by atoms with Gasteiger partial charge in [-0.25, -0.2) is 8.42 Å². The van der Waals surface area contributed by atoms with Gasteiger partial charge in [-0.3, -0.25) is 4.90 Å². The molecule has 1 aromatic heterocycles. The van der Waals surface area contributed by atoms with Crippen molar-refractivity contribution in [3.8, 4) is 0 Å². The van der Waals surface area contributed by atoms with Crippen molar-refractivity contribution >= 4 is 21.4 Å². The quantitative estimate of drug-likeness (QED) is 0.818. The third-order valence-corrected chi connectivity index (χ3v) is 7.89. The molecule has 1 aromatic rings. The van der Waals surface area contributed by atoms with E-state index in [1.54, 1.807) is 16.4 Å². The molecule has 0 unspecified atom stereocenters. The highest BCUT2D eigenvalue weighted by molar-refractivity contribution is 7.91. The molecule has 0 N–H and O–H groups in total. The van der Waals surface area contributed by atoms with E-state index in [1.807, 2.05) is 5.38 Å². The third kappa shape index (κ3) is 3.89. The second-order valence-electron chi connectivity index (χ2n) is 6.02. The highest BCUT2D eigenvalue weighted by atomic mass is 32.2. The first-order valence-electron chi connectivity index (χ1n) is 8.00. The summed E-state index contributed by atoms with van der Waals surface area (Å²) in [5.74, 6) is 0.651. The van der Waals surface area contributed by atoms with Crippen LogP contribution < -0.4 is 0 Å². The minimum Gasteiger partial charge on any atom is -0.379 e. The molecule has 7 heteroatoms. The van der Waals surface area contributed by atoms with Gasteiger partial charge in [0.15, 0.2) is 0 Å². The number of morpholine rings is 1. The van der Waals surface area contributed by atoms with Crippen LogP contribution in [0.1, 0.15) is 19.3 Å². The predicted octanol–water partition coefficient (Wildman–Crippen LogP) is 1.87. The number of hydrogen-bond acceptors (Lipinski definition) is 5. The van der Waals surface area contributed by atoms with Crippen molar-refractivity contribution in [3.05, 3.63) is 17.5 Å². The van der Waals surface area contributed by atoms with Crippen LogP contribution >= 0.6 is 11.3 Å². The van der Waals surface area contributed by atoms with Gasteiger partial charge in [0.1, 0.15) is 4.21 Å². The van der Waals surface area contributed by atoms with Crippen molar-refractivity contribution in [1.29, 1.82) is 0 Å². The Hall–Kier alpha value is -0.470. The molecule has 0 saturated carbocycles. The van der Waals surface area contributed by atoms with Crippen molar-refractivity contribution in [2.45, 2.75) is 23.5 Å². The number of nitrogens with zero attached hydrogens (tertiary/aromatic N) is 2. The molecule has 22 heavy (non-hydrogen) atoms. The Bertz CT molecular complexity index is 545. The maximum absolute atomic E-state index is 12.5. The van der Waals surface area contributed by atoms with Crippen LogP contribution in [-0.4, -0.2) is 63.6 Å². The molecule has 0 aliphatic carbocycles. The first-order valence-corrected chi connectivity index (χ1v) is 10.3. The first-order chi connectivity index (χ1) is 10.7. The third-order valence-electron chi connectivity index (χ3n) is 4.62. The number of piperidine rings is 1. The lowest BCUT2D eigenvalue weighted by Gasteiger charge is -2.33. The van der Waals surface area contributed by atoms with Crippen LogP contribution in [0.15, 0.2) is 21.7 Å². The molecule has 0 radical (unpaired) electrons. The number of sulfonamides is 1. The Morgan fingerprint density at radius 1 is 1.18 bits per heavy atom. The van der Waals surface area contributed by atoms with Crippen LogP contribution in [0.25, 0.3) is 0 Å². The van der Waals surface area contributed by atoms with Crippen LogP contribution in [0.2, 0.25) is 0 Å². The molecule has 2 fully saturated rings. The van der Waals surface area contributed by atoms with Gasteiger partial charge >= 0.3 is 0 Å². The van der Waals surface area contributed by atoms with Crippen LogP contribution in [0.4, 0.5) is 0 Å². The molecule has 0 bridgehead atoms. The Labute approximate surface area is 136 Å². The van der Waals surface area contributed by atoms with Crippen molar-refractivity contribution < 1.29 is 13.2 Å². The Morgan fingerprint density at radius 2 is 1.91 bits per heavy atom. The average Bonchev–Trinajstić information content (AvgIpc) is 3.10. The summed E-state index contributed by atoms with van der Waals surface area (Å²) in [6, 6.07) is 3.50. The lowest BCUT2D eigenvalue weighted by molar-refractivity contribution is 0.0343.